The fourth-order valence-electron chi connectivity index (χ4n) is 4.01. The van der Waals surface area contributed by atoms with Gasteiger partial charge in [-0.2, -0.15) is 0 Å². The summed E-state index contributed by atoms with van der Waals surface area (Å²) in [5, 5.41) is 3.89. The van der Waals surface area contributed by atoms with Crippen LogP contribution >= 0.6 is 0 Å². The first-order valence-electron chi connectivity index (χ1n) is 10.4. The lowest BCUT2D eigenvalue weighted by Gasteiger charge is -2.37. The Hall–Kier alpha value is -3.56. The SMILES string of the molecule is COc1ccc(C(NCc2ccccc2)(c2ccccc2)c2ccc(OC)cc2)cc1. The molecule has 0 radical (unpaired) electrons. The van der Waals surface area contributed by atoms with Crippen molar-refractivity contribution in [3.05, 3.63) is 131 Å². The maximum Gasteiger partial charge on any atom is 0.118 e. The van der Waals surface area contributed by atoms with Crippen molar-refractivity contribution in [1.82, 2.24) is 5.32 Å². The zero-order valence-corrected chi connectivity index (χ0v) is 17.9. The van der Waals surface area contributed by atoms with Crippen molar-refractivity contribution in [1.29, 1.82) is 0 Å². The van der Waals surface area contributed by atoms with Crippen LogP contribution in [0.3, 0.4) is 0 Å². The Kier molecular flexibility index (Phi) is 6.34. The number of methoxy groups -OCH3 is 2. The van der Waals surface area contributed by atoms with Crippen LogP contribution in [-0.4, -0.2) is 14.2 Å². The van der Waals surface area contributed by atoms with Crippen LogP contribution in [0.5, 0.6) is 11.5 Å². The Morgan fingerprint density at radius 1 is 0.548 bits per heavy atom. The van der Waals surface area contributed by atoms with Gasteiger partial charge in [0.25, 0.3) is 0 Å². The molecule has 1 N–H and O–H groups in total. The van der Waals surface area contributed by atoms with E-state index < -0.39 is 5.54 Å². The fourth-order valence-corrected chi connectivity index (χ4v) is 4.01. The zero-order valence-electron chi connectivity index (χ0n) is 17.9. The van der Waals surface area contributed by atoms with Gasteiger partial charge in [-0.05, 0) is 46.5 Å². The summed E-state index contributed by atoms with van der Waals surface area (Å²) in [4.78, 5) is 0. The van der Waals surface area contributed by atoms with E-state index in [1.807, 2.05) is 36.4 Å². The fraction of sp³-hybridized carbons (Fsp3) is 0.143. The van der Waals surface area contributed by atoms with Gasteiger partial charge in [-0.1, -0.05) is 84.9 Å². The first-order valence-corrected chi connectivity index (χ1v) is 10.4. The number of ether oxygens (including phenoxy) is 2. The summed E-state index contributed by atoms with van der Waals surface area (Å²) in [5.41, 5.74) is 4.13. The van der Waals surface area contributed by atoms with Crippen molar-refractivity contribution < 1.29 is 9.47 Å². The number of nitrogens with one attached hydrogen (secondary N) is 1. The van der Waals surface area contributed by atoms with Crippen molar-refractivity contribution in [2.24, 2.45) is 0 Å². The summed E-state index contributed by atoms with van der Waals surface area (Å²) >= 11 is 0. The molecular formula is C28H27NO2. The van der Waals surface area contributed by atoms with Gasteiger partial charge in [0.2, 0.25) is 0 Å². The normalized spacial score (nSPS) is 11.2. The van der Waals surface area contributed by atoms with Crippen LogP contribution in [0.25, 0.3) is 0 Å². The van der Waals surface area contributed by atoms with Gasteiger partial charge in [-0.25, -0.2) is 0 Å². The van der Waals surface area contributed by atoms with Gasteiger partial charge in [0.05, 0.1) is 19.8 Å². The van der Waals surface area contributed by atoms with Crippen LogP contribution in [0.2, 0.25) is 0 Å². The van der Waals surface area contributed by atoms with E-state index in [4.69, 9.17) is 9.47 Å². The first-order chi connectivity index (χ1) is 15.3. The average molecular weight is 410 g/mol. The highest BCUT2D eigenvalue weighted by Gasteiger charge is 2.36. The second-order valence-corrected chi connectivity index (χ2v) is 7.41. The Morgan fingerprint density at radius 3 is 1.42 bits per heavy atom. The Bertz CT molecular complexity index is 1030. The summed E-state index contributed by atoms with van der Waals surface area (Å²) in [7, 11) is 3.38. The molecule has 0 spiro atoms. The number of benzene rings is 4. The maximum absolute atomic E-state index is 5.42. The smallest absolute Gasteiger partial charge is 0.118 e. The largest absolute Gasteiger partial charge is 0.497 e. The average Bonchev–Trinajstić information content (AvgIpc) is 2.86. The van der Waals surface area contributed by atoms with E-state index in [9.17, 15) is 0 Å². The third kappa shape index (κ3) is 4.32. The van der Waals surface area contributed by atoms with Crippen LogP contribution in [0.15, 0.2) is 109 Å². The monoisotopic (exact) mass is 409 g/mol. The molecule has 0 aromatic heterocycles. The summed E-state index contributed by atoms with van der Waals surface area (Å²) in [5.74, 6) is 1.67. The molecule has 31 heavy (non-hydrogen) atoms. The zero-order chi connectivity index (χ0) is 21.5. The highest BCUT2D eigenvalue weighted by molar-refractivity contribution is 5.51. The summed E-state index contributed by atoms with van der Waals surface area (Å²) in [6.07, 6.45) is 0. The van der Waals surface area contributed by atoms with Crippen LogP contribution in [0.1, 0.15) is 22.3 Å². The van der Waals surface area contributed by atoms with E-state index in [1.54, 1.807) is 14.2 Å². The molecule has 0 atom stereocenters. The second kappa shape index (κ2) is 9.50. The Morgan fingerprint density at radius 2 is 0.968 bits per heavy atom. The van der Waals surface area contributed by atoms with Gasteiger partial charge in [-0.15, -0.1) is 0 Å². The highest BCUT2D eigenvalue weighted by atomic mass is 16.5. The van der Waals surface area contributed by atoms with Crippen LogP contribution in [-0.2, 0) is 12.1 Å². The minimum Gasteiger partial charge on any atom is -0.497 e. The highest BCUT2D eigenvalue weighted by Crippen LogP contribution is 2.38. The molecule has 0 amide bonds. The van der Waals surface area contributed by atoms with Crippen LogP contribution in [0.4, 0.5) is 0 Å². The van der Waals surface area contributed by atoms with Crippen LogP contribution in [0, 0.1) is 0 Å². The first kappa shape index (κ1) is 20.7. The molecule has 0 heterocycles. The number of hydrogen-bond acceptors (Lipinski definition) is 3. The van der Waals surface area contributed by atoms with Crippen molar-refractivity contribution in [2.75, 3.05) is 14.2 Å². The van der Waals surface area contributed by atoms with Crippen molar-refractivity contribution in [2.45, 2.75) is 12.1 Å². The van der Waals surface area contributed by atoms with E-state index in [-0.39, 0.29) is 0 Å². The van der Waals surface area contributed by atoms with E-state index >= 15 is 0 Å². The lowest BCUT2D eigenvalue weighted by molar-refractivity contribution is 0.412. The minimum atomic E-state index is -0.546. The molecule has 0 saturated heterocycles. The maximum atomic E-state index is 5.42. The minimum absolute atomic E-state index is 0.546. The van der Waals surface area contributed by atoms with E-state index in [2.05, 4.69) is 78.1 Å². The van der Waals surface area contributed by atoms with Crippen molar-refractivity contribution in [3.8, 4) is 11.5 Å². The van der Waals surface area contributed by atoms with Crippen LogP contribution < -0.4 is 14.8 Å². The molecule has 3 nitrogen and oxygen atoms in total. The lowest BCUT2D eigenvalue weighted by atomic mass is 9.76. The standard InChI is InChI=1S/C28H27NO2/c1-30-26-17-13-24(14-18-26)28(23-11-7-4-8-12-23,25-15-19-27(31-2)20-16-25)29-21-22-9-5-3-6-10-22/h3-20,29H,21H2,1-2H3. The lowest BCUT2D eigenvalue weighted by Crippen LogP contribution is -2.44. The molecule has 4 aromatic carbocycles. The van der Waals surface area contributed by atoms with Crippen molar-refractivity contribution >= 4 is 0 Å². The Balaban J connectivity index is 1.89. The molecule has 0 unspecified atom stereocenters. The molecule has 0 aliphatic heterocycles. The molecule has 4 aromatic rings. The van der Waals surface area contributed by atoms with Gasteiger partial charge in [0.1, 0.15) is 11.5 Å². The topological polar surface area (TPSA) is 30.5 Å². The van der Waals surface area contributed by atoms with E-state index in [0.29, 0.717) is 6.54 Å². The quantitative estimate of drug-likeness (QED) is 0.374. The van der Waals surface area contributed by atoms with Gasteiger partial charge in [0, 0.05) is 6.54 Å². The molecule has 4 rings (SSSR count). The predicted octanol–water partition coefficient (Wildman–Crippen LogP) is 5.79. The summed E-state index contributed by atoms with van der Waals surface area (Å²) < 4.78 is 10.8. The third-order valence-corrected chi connectivity index (χ3v) is 5.65. The van der Waals surface area contributed by atoms with E-state index in [0.717, 1.165) is 22.6 Å². The molecule has 0 aliphatic rings. The third-order valence-electron chi connectivity index (χ3n) is 5.65. The van der Waals surface area contributed by atoms with Gasteiger partial charge < -0.3 is 9.47 Å². The molecular weight excluding hydrogens is 382 g/mol. The van der Waals surface area contributed by atoms with Gasteiger partial charge in [0.15, 0.2) is 0 Å². The number of hydrogen-bond donors (Lipinski definition) is 1. The van der Waals surface area contributed by atoms with E-state index in [1.165, 1.54) is 11.1 Å². The van der Waals surface area contributed by atoms with Crippen molar-refractivity contribution in [3.63, 3.8) is 0 Å². The molecule has 0 saturated carbocycles. The predicted molar refractivity (Wildman–Crippen MR) is 126 cm³/mol. The number of rotatable bonds is 8. The summed E-state index contributed by atoms with van der Waals surface area (Å²) in [6, 6.07) is 37.6. The van der Waals surface area contributed by atoms with Gasteiger partial charge >= 0.3 is 0 Å². The molecule has 3 heteroatoms. The Labute approximate surface area is 184 Å². The molecule has 0 fully saturated rings. The second-order valence-electron chi connectivity index (χ2n) is 7.41. The molecule has 0 bridgehead atoms. The van der Waals surface area contributed by atoms with Gasteiger partial charge in [-0.3, -0.25) is 5.32 Å². The summed E-state index contributed by atoms with van der Waals surface area (Å²) in [6.45, 7) is 0.716. The molecule has 156 valence electrons. The molecule has 0 aliphatic carbocycles.